The van der Waals surface area contributed by atoms with Gasteiger partial charge in [-0.3, -0.25) is 15.1 Å². The lowest BCUT2D eigenvalue weighted by Gasteiger charge is -1.98. The molecular weight excluding hydrogens is 150 g/mol. The smallest absolute Gasteiger partial charge is 0.186 e. The van der Waals surface area contributed by atoms with E-state index in [2.05, 4.69) is 29.1 Å². The monoisotopic (exact) mass is 159 g/mol. The van der Waals surface area contributed by atoms with Crippen molar-refractivity contribution in [1.29, 1.82) is 0 Å². The topological polar surface area (TPSA) is 38.3 Å². The predicted molar refractivity (Wildman–Crippen MR) is 42.6 cm³/mol. The van der Waals surface area contributed by atoms with Crippen molar-refractivity contribution in [3.63, 3.8) is 0 Å². The van der Waals surface area contributed by atoms with Crippen molar-refractivity contribution in [2.24, 2.45) is 0 Å². The molecule has 0 unspecified atom stereocenters. The maximum absolute atomic E-state index is 10.7. The Morgan fingerprint density at radius 3 is 2.90 bits per heavy atom. The zero-order chi connectivity index (χ0) is 7.98. The van der Waals surface area contributed by atoms with E-state index in [4.69, 9.17) is 0 Å². The van der Waals surface area contributed by atoms with E-state index in [9.17, 15) is 4.79 Å². The van der Waals surface area contributed by atoms with Crippen molar-refractivity contribution in [1.82, 2.24) is 5.48 Å². The van der Waals surface area contributed by atoms with Gasteiger partial charge in [-0.05, 0) is 12.5 Å². The van der Waals surface area contributed by atoms with E-state index in [1.54, 1.807) is 6.92 Å². The lowest BCUT2D eigenvalue weighted by Crippen LogP contribution is -2.17. The summed E-state index contributed by atoms with van der Waals surface area (Å²) in [5.74, 6) is -0.135. The Bertz CT molecular complexity index is 156. The highest BCUT2D eigenvalue weighted by Crippen LogP contribution is 1.88. The summed E-state index contributed by atoms with van der Waals surface area (Å²) >= 11 is 4.37. The first-order chi connectivity index (χ1) is 4.68. The van der Waals surface area contributed by atoms with Gasteiger partial charge in [-0.25, -0.2) is 0 Å². The lowest BCUT2D eigenvalue weighted by molar-refractivity contribution is -0.121. The zero-order valence-corrected chi connectivity index (χ0v) is 6.53. The van der Waals surface area contributed by atoms with Gasteiger partial charge in [-0.15, -0.1) is 0 Å². The highest BCUT2D eigenvalue weighted by molar-refractivity contribution is 7.78. The highest BCUT2D eigenvalue weighted by atomic mass is 32.1. The number of hydrogen-bond donors (Lipinski definition) is 1. The molecule has 0 atom stereocenters. The third-order valence-corrected chi connectivity index (χ3v) is 0.907. The van der Waals surface area contributed by atoms with Crippen LogP contribution in [-0.2, 0) is 9.63 Å². The van der Waals surface area contributed by atoms with Crippen molar-refractivity contribution in [3.8, 4) is 0 Å². The van der Waals surface area contributed by atoms with E-state index in [1.807, 2.05) is 0 Å². The van der Waals surface area contributed by atoms with Gasteiger partial charge in [0.1, 0.15) is 6.61 Å². The number of carbonyl (C=O) groups excluding carboxylic acids is 1. The van der Waals surface area contributed by atoms with Crippen LogP contribution >= 0.6 is 12.2 Å². The maximum Gasteiger partial charge on any atom is 0.186 e. The fraction of sp³-hybridized carbons (Fsp3) is 0.333. The van der Waals surface area contributed by atoms with Gasteiger partial charge in [-0.1, -0.05) is 18.8 Å². The molecule has 0 saturated heterocycles. The highest BCUT2D eigenvalue weighted by Gasteiger charge is 2.00. The second-order valence-corrected chi connectivity index (χ2v) is 1.96. The number of carbonyl (C=O) groups is 1. The van der Waals surface area contributed by atoms with Crippen LogP contribution in [0.15, 0.2) is 12.2 Å². The van der Waals surface area contributed by atoms with E-state index < -0.39 is 0 Å². The Kier molecular flexibility index (Phi) is 4.70. The van der Waals surface area contributed by atoms with Gasteiger partial charge in [0.2, 0.25) is 0 Å². The zero-order valence-electron chi connectivity index (χ0n) is 5.72. The van der Waals surface area contributed by atoms with Crippen LogP contribution < -0.4 is 5.48 Å². The largest absolute Gasteiger partial charge is 0.292 e. The molecule has 0 saturated carbocycles. The number of rotatable bonds is 5. The fourth-order valence-corrected chi connectivity index (χ4v) is 0.332. The van der Waals surface area contributed by atoms with E-state index in [-0.39, 0.29) is 12.4 Å². The molecule has 0 amide bonds. The van der Waals surface area contributed by atoms with Gasteiger partial charge in [0.15, 0.2) is 5.78 Å². The Morgan fingerprint density at radius 2 is 2.50 bits per heavy atom. The number of Topliss-reactive ketones (excluding diaryl/α,β-unsaturated/α-hetero) is 1. The summed E-state index contributed by atoms with van der Waals surface area (Å²) in [6.07, 6.45) is 0. The minimum Gasteiger partial charge on any atom is -0.292 e. The van der Waals surface area contributed by atoms with Crippen LogP contribution in [0, 0.1) is 0 Å². The third-order valence-electron chi connectivity index (χ3n) is 0.811. The molecule has 1 N–H and O–H groups in total. The first-order valence-corrected chi connectivity index (χ1v) is 3.15. The molecule has 0 aromatic rings. The molecule has 0 aromatic carbocycles. The second-order valence-electron chi connectivity index (χ2n) is 1.73. The van der Waals surface area contributed by atoms with Crippen LogP contribution in [0.25, 0.3) is 0 Å². The van der Waals surface area contributed by atoms with Gasteiger partial charge >= 0.3 is 0 Å². The number of ketones is 1. The molecule has 0 aliphatic carbocycles. The maximum atomic E-state index is 10.7. The van der Waals surface area contributed by atoms with E-state index >= 15 is 0 Å². The van der Waals surface area contributed by atoms with Crippen LogP contribution in [0.5, 0.6) is 0 Å². The van der Waals surface area contributed by atoms with E-state index in [0.717, 1.165) is 0 Å². The molecule has 3 nitrogen and oxygen atoms in total. The average molecular weight is 159 g/mol. The number of hydroxylamine groups is 1. The second kappa shape index (κ2) is 5.08. The molecule has 0 heterocycles. The minimum absolute atomic E-state index is 0.0253. The Hall–Kier alpha value is -0.740. The van der Waals surface area contributed by atoms with Gasteiger partial charge in [0, 0.05) is 0 Å². The summed E-state index contributed by atoms with van der Waals surface area (Å²) in [4.78, 5) is 15.3. The first kappa shape index (κ1) is 9.26. The molecule has 4 heteroatoms. The molecular formula is C6H9NO2S. The standard InChI is InChI=1S/C6H9NO2S/c1-5(2)6(8)3-9-7-4-10/h4H,1,3H2,2H3,(H,7,10). The lowest BCUT2D eigenvalue weighted by atomic mass is 10.2. The fourth-order valence-electron chi connectivity index (χ4n) is 0.264. The van der Waals surface area contributed by atoms with E-state index in [0.29, 0.717) is 5.57 Å². The van der Waals surface area contributed by atoms with Gasteiger partial charge in [0.05, 0.1) is 5.49 Å². The van der Waals surface area contributed by atoms with Crippen LogP contribution in [0.4, 0.5) is 0 Å². The molecule has 0 fully saturated rings. The summed E-state index contributed by atoms with van der Waals surface area (Å²) < 4.78 is 0. The molecule has 10 heavy (non-hydrogen) atoms. The summed E-state index contributed by atoms with van der Waals surface area (Å²) in [7, 11) is 0. The van der Waals surface area contributed by atoms with Gasteiger partial charge < -0.3 is 0 Å². The van der Waals surface area contributed by atoms with Crippen molar-refractivity contribution in [3.05, 3.63) is 12.2 Å². The average Bonchev–Trinajstić information content (AvgIpc) is 1.88. The van der Waals surface area contributed by atoms with Crippen molar-refractivity contribution >= 4 is 23.5 Å². The normalized spacial score (nSPS) is 8.50. The predicted octanol–water partition coefficient (Wildman–Crippen LogP) is 0.610. The first-order valence-electron chi connectivity index (χ1n) is 2.68. The summed E-state index contributed by atoms with van der Waals surface area (Å²) in [6, 6.07) is 0. The summed E-state index contributed by atoms with van der Waals surface area (Å²) in [6.45, 7) is 5.04. The molecule has 56 valence electrons. The van der Waals surface area contributed by atoms with E-state index in [1.165, 1.54) is 5.49 Å². The van der Waals surface area contributed by atoms with Gasteiger partial charge in [0.25, 0.3) is 0 Å². The van der Waals surface area contributed by atoms with Crippen LogP contribution in [0.3, 0.4) is 0 Å². The third kappa shape index (κ3) is 4.17. The van der Waals surface area contributed by atoms with Crippen LogP contribution in [-0.4, -0.2) is 17.9 Å². The molecule has 0 aliphatic rings. The minimum atomic E-state index is -0.135. The summed E-state index contributed by atoms with van der Waals surface area (Å²) in [5.41, 5.74) is 3.93. The molecule has 0 aromatic heterocycles. The van der Waals surface area contributed by atoms with Crippen molar-refractivity contribution < 1.29 is 9.63 Å². The number of hydrogen-bond acceptors (Lipinski definition) is 3. The van der Waals surface area contributed by atoms with Gasteiger partial charge in [-0.2, -0.15) is 0 Å². The van der Waals surface area contributed by atoms with Crippen LogP contribution in [0.2, 0.25) is 0 Å². The SMILES string of the molecule is C=C(C)C(=O)CONC=S. The summed E-state index contributed by atoms with van der Waals surface area (Å²) in [5, 5.41) is 0. The Labute approximate surface area is 65.0 Å². The van der Waals surface area contributed by atoms with Crippen molar-refractivity contribution in [2.75, 3.05) is 6.61 Å². The van der Waals surface area contributed by atoms with Crippen molar-refractivity contribution in [2.45, 2.75) is 6.92 Å². The molecule has 0 bridgehead atoms. The Balaban J connectivity index is 3.40. The molecule has 0 spiro atoms. The number of thiocarbonyl (C=S) groups is 1. The quantitative estimate of drug-likeness (QED) is 0.276. The van der Waals surface area contributed by atoms with Crippen LogP contribution in [0.1, 0.15) is 6.92 Å². The molecule has 0 aliphatic heterocycles. The Morgan fingerprint density at radius 1 is 1.90 bits per heavy atom. The molecule has 0 rings (SSSR count). The number of nitrogens with one attached hydrogen (secondary N) is 1. The molecule has 0 radical (unpaired) electrons.